The summed E-state index contributed by atoms with van der Waals surface area (Å²) in [5.41, 5.74) is 3.86. The number of hydrogen-bond acceptors (Lipinski definition) is 6. The van der Waals surface area contributed by atoms with Gasteiger partial charge in [-0.1, -0.05) is 0 Å². The molecular formula is C25H28N2O6. The second-order valence-corrected chi connectivity index (χ2v) is 7.96. The van der Waals surface area contributed by atoms with Crippen molar-refractivity contribution in [3.05, 3.63) is 52.7 Å². The first-order valence-electron chi connectivity index (χ1n) is 10.7. The van der Waals surface area contributed by atoms with Gasteiger partial charge in [0, 0.05) is 19.3 Å². The minimum atomic E-state index is -0.144. The Bertz CT molecular complexity index is 1110. The van der Waals surface area contributed by atoms with Gasteiger partial charge in [-0.2, -0.15) is 0 Å². The zero-order valence-corrected chi connectivity index (χ0v) is 19.3. The van der Waals surface area contributed by atoms with Gasteiger partial charge in [0.2, 0.25) is 11.8 Å². The number of methoxy groups -OCH3 is 4. The summed E-state index contributed by atoms with van der Waals surface area (Å²) < 4.78 is 21.5. The number of hydrogen-bond donors (Lipinski definition) is 0. The lowest BCUT2D eigenvalue weighted by Crippen LogP contribution is -2.43. The van der Waals surface area contributed by atoms with E-state index in [0.29, 0.717) is 36.1 Å². The summed E-state index contributed by atoms with van der Waals surface area (Å²) in [6.07, 6.45) is 4.40. The maximum absolute atomic E-state index is 13.1. The number of ether oxygens (including phenoxy) is 4. The maximum atomic E-state index is 13.1. The van der Waals surface area contributed by atoms with Crippen molar-refractivity contribution < 1.29 is 28.5 Å². The number of fused-ring (bicyclic) bond motifs is 2. The van der Waals surface area contributed by atoms with Gasteiger partial charge >= 0.3 is 0 Å². The Morgan fingerprint density at radius 1 is 0.848 bits per heavy atom. The van der Waals surface area contributed by atoms with Crippen LogP contribution in [0.5, 0.6) is 23.0 Å². The van der Waals surface area contributed by atoms with Crippen LogP contribution in [0, 0.1) is 0 Å². The van der Waals surface area contributed by atoms with Crippen LogP contribution in [0.25, 0.3) is 6.08 Å². The molecule has 0 saturated heterocycles. The summed E-state index contributed by atoms with van der Waals surface area (Å²) in [7, 11) is 6.34. The molecule has 174 valence electrons. The van der Waals surface area contributed by atoms with Gasteiger partial charge in [-0.25, -0.2) is 0 Å². The molecular weight excluding hydrogens is 424 g/mol. The first-order chi connectivity index (χ1) is 16.0. The lowest BCUT2D eigenvalue weighted by Gasteiger charge is -2.31. The fraction of sp³-hybridized carbons (Fsp3) is 0.360. The van der Waals surface area contributed by atoms with Gasteiger partial charge in [0.05, 0.1) is 34.9 Å². The molecule has 33 heavy (non-hydrogen) atoms. The maximum Gasteiger partial charge on any atom is 0.242 e. The van der Waals surface area contributed by atoms with Gasteiger partial charge < -0.3 is 28.7 Å². The first kappa shape index (κ1) is 22.5. The minimum Gasteiger partial charge on any atom is -0.493 e. The highest BCUT2D eigenvalue weighted by Gasteiger charge is 2.26. The molecule has 0 saturated carbocycles. The van der Waals surface area contributed by atoms with E-state index in [0.717, 1.165) is 28.7 Å². The SMILES string of the molecule is COc1cc2c(cc1OC)CC(=O)N(CC(=O)N1CCc3cc(OC)c(OC)cc3C1)C=C2. The zero-order valence-electron chi connectivity index (χ0n) is 19.3. The van der Waals surface area contributed by atoms with Crippen molar-refractivity contribution in [2.45, 2.75) is 19.4 Å². The molecule has 8 nitrogen and oxygen atoms in total. The quantitative estimate of drug-likeness (QED) is 0.671. The van der Waals surface area contributed by atoms with Crippen molar-refractivity contribution in [3.63, 3.8) is 0 Å². The van der Waals surface area contributed by atoms with Crippen molar-refractivity contribution in [2.75, 3.05) is 41.5 Å². The van der Waals surface area contributed by atoms with E-state index in [2.05, 4.69) is 0 Å². The average molecular weight is 453 g/mol. The third-order valence-corrected chi connectivity index (χ3v) is 6.12. The highest BCUT2D eigenvalue weighted by Crippen LogP contribution is 2.34. The molecule has 2 aliphatic rings. The second-order valence-electron chi connectivity index (χ2n) is 7.96. The predicted octanol–water partition coefficient (Wildman–Crippen LogP) is 2.66. The van der Waals surface area contributed by atoms with Crippen LogP contribution in [0.1, 0.15) is 22.3 Å². The molecule has 0 aliphatic carbocycles. The number of nitrogens with zero attached hydrogens (tertiary/aromatic N) is 2. The average Bonchev–Trinajstić information content (AvgIpc) is 2.99. The van der Waals surface area contributed by atoms with E-state index in [9.17, 15) is 9.59 Å². The molecule has 4 rings (SSSR count). The van der Waals surface area contributed by atoms with Gasteiger partial charge in [-0.15, -0.1) is 0 Å². The molecule has 0 aromatic heterocycles. The van der Waals surface area contributed by atoms with E-state index in [1.807, 2.05) is 30.3 Å². The molecule has 0 atom stereocenters. The van der Waals surface area contributed by atoms with Gasteiger partial charge in [0.15, 0.2) is 23.0 Å². The van der Waals surface area contributed by atoms with E-state index in [1.165, 1.54) is 4.90 Å². The van der Waals surface area contributed by atoms with Crippen LogP contribution >= 0.6 is 0 Å². The van der Waals surface area contributed by atoms with E-state index in [4.69, 9.17) is 18.9 Å². The molecule has 2 aliphatic heterocycles. The molecule has 0 radical (unpaired) electrons. The van der Waals surface area contributed by atoms with Crippen LogP contribution in [0.15, 0.2) is 30.5 Å². The van der Waals surface area contributed by atoms with Crippen LogP contribution in [0.3, 0.4) is 0 Å². The minimum absolute atomic E-state index is 0.0137. The Labute approximate surface area is 193 Å². The van der Waals surface area contributed by atoms with Gasteiger partial charge in [-0.3, -0.25) is 9.59 Å². The van der Waals surface area contributed by atoms with E-state index < -0.39 is 0 Å². The zero-order chi connectivity index (χ0) is 23.5. The third-order valence-electron chi connectivity index (χ3n) is 6.12. The van der Waals surface area contributed by atoms with E-state index >= 15 is 0 Å². The van der Waals surface area contributed by atoms with Crippen LogP contribution < -0.4 is 18.9 Å². The second kappa shape index (κ2) is 9.44. The van der Waals surface area contributed by atoms with Crippen LogP contribution in [0.2, 0.25) is 0 Å². The third kappa shape index (κ3) is 4.46. The molecule has 2 heterocycles. The Kier molecular flexibility index (Phi) is 6.44. The summed E-state index contributed by atoms with van der Waals surface area (Å²) >= 11 is 0. The Morgan fingerprint density at radius 2 is 1.42 bits per heavy atom. The Morgan fingerprint density at radius 3 is 2.06 bits per heavy atom. The highest BCUT2D eigenvalue weighted by atomic mass is 16.5. The molecule has 8 heteroatoms. The van der Waals surface area contributed by atoms with Crippen molar-refractivity contribution >= 4 is 17.9 Å². The van der Waals surface area contributed by atoms with Crippen molar-refractivity contribution in [1.82, 2.24) is 9.80 Å². The van der Waals surface area contributed by atoms with Gasteiger partial charge in [-0.05, 0) is 59.0 Å². The van der Waals surface area contributed by atoms with Crippen molar-refractivity contribution in [3.8, 4) is 23.0 Å². The molecule has 0 N–H and O–H groups in total. The number of carbonyl (C=O) groups excluding carboxylic acids is 2. The summed E-state index contributed by atoms with van der Waals surface area (Å²) in [4.78, 5) is 29.2. The fourth-order valence-corrected chi connectivity index (χ4v) is 4.25. The number of benzene rings is 2. The van der Waals surface area contributed by atoms with E-state index in [1.54, 1.807) is 39.5 Å². The molecule has 2 aromatic rings. The number of rotatable bonds is 6. The molecule has 0 fully saturated rings. The molecule has 2 aromatic carbocycles. The highest BCUT2D eigenvalue weighted by molar-refractivity contribution is 5.89. The smallest absolute Gasteiger partial charge is 0.242 e. The van der Waals surface area contributed by atoms with Crippen molar-refractivity contribution in [1.29, 1.82) is 0 Å². The van der Waals surface area contributed by atoms with E-state index in [-0.39, 0.29) is 24.8 Å². The van der Waals surface area contributed by atoms with Crippen LogP contribution in [-0.2, 0) is 29.0 Å². The first-order valence-corrected chi connectivity index (χ1v) is 10.7. The van der Waals surface area contributed by atoms with Gasteiger partial charge in [0.1, 0.15) is 6.54 Å². The Hall–Kier alpha value is -3.68. The normalized spacial score (nSPS) is 14.8. The van der Waals surface area contributed by atoms with Crippen LogP contribution in [0.4, 0.5) is 0 Å². The largest absolute Gasteiger partial charge is 0.493 e. The standard InChI is InChI=1S/C25H28N2O6/c1-30-20-9-16-5-8-27(24(28)13-18(16)11-22(20)32-3)15-25(29)26-7-6-17-10-21(31-2)23(33-4)12-19(17)14-26/h5,8-12H,6-7,13-15H2,1-4H3. The summed E-state index contributed by atoms with van der Waals surface area (Å²) in [5, 5.41) is 0. The topological polar surface area (TPSA) is 77.5 Å². The van der Waals surface area contributed by atoms with Crippen LogP contribution in [-0.4, -0.2) is 63.1 Å². The molecule has 2 amide bonds. The monoisotopic (exact) mass is 452 g/mol. The fourth-order valence-electron chi connectivity index (χ4n) is 4.25. The lowest BCUT2D eigenvalue weighted by molar-refractivity contribution is -0.138. The summed E-state index contributed by atoms with van der Waals surface area (Å²) in [6.45, 7) is 1.04. The number of amides is 2. The summed E-state index contributed by atoms with van der Waals surface area (Å²) in [5.74, 6) is 2.24. The molecule has 0 spiro atoms. The number of carbonyl (C=O) groups is 2. The Balaban J connectivity index is 1.48. The van der Waals surface area contributed by atoms with Crippen molar-refractivity contribution in [2.24, 2.45) is 0 Å². The lowest BCUT2D eigenvalue weighted by atomic mass is 9.98. The molecule has 0 bridgehead atoms. The van der Waals surface area contributed by atoms with Gasteiger partial charge in [0.25, 0.3) is 0 Å². The summed E-state index contributed by atoms with van der Waals surface area (Å²) in [6, 6.07) is 7.54. The molecule has 0 unspecified atom stereocenters. The predicted molar refractivity (Wildman–Crippen MR) is 123 cm³/mol.